The molecule has 3 aliphatic rings. The van der Waals surface area contributed by atoms with Gasteiger partial charge in [-0.3, -0.25) is 14.5 Å². The van der Waals surface area contributed by atoms with Crippen LogP contribution in [0.5, 0.6) is 0 Å². The second-order valence-electron chi connectivity index (χ2n) is 8.03. The summed E-state index contributed by atoms with van der Waals surface area (Å²) in [6.07, 6.45) is 5.04. The third-order valence-corrected chi connectivity index (χ3v) is 6.83. The van der Waals surface area contributed by atoms with Crippen LogP contribution in [0.2, 0.25) is 0 Å². The zero-order valence-electron chi connectivity index (χ0n) is 15.7. The van der Waals surface area contributed by atoms with Gasteiger partial charge in [0.15, 0.2) is 5.76 Å². The van der Waals surface area contributed by atoms with Crippen LogP contribution in [0.15, 0.2) is 69.9 Å². The van der Waals surface area contributed by atoms with Gasteiger partial charge in [-0.25, -0.2) is 0 Å². The molecule has 2 saturated heterocycles. The largest absolute Gasteiger partial charge is 0.469 e. The van der Waals surface area contributed by atoms with Crippen molar-refractivity contribution in [3.05, 3.63) is 78.1 Å². The lowest BCUT2D eigenvalue weighted by atomic mass is 9.70. The van der Waals surface area contributed by atoms with E-state index in [0.29, 0.717) is 0 Å². The summed E-state index contributed by atoms with van der Waals surface area (Å²) < 4.78 is 11.3. The Morgan fingerprint density at radius 1 is 1.07 bits per heavy atom. The molecule has 4 unspecified atom stereocenters. The van der Waals surface area contributed by atoms with E-state index in [1.807, 2.05) is 36.4 Å². The topological polar surface area (TPSA) is 75.7 Å². The molecular formula is C23H20N2O4. The molecule has 29 heavy (non-hydrogen) atoms. The SMILES string of the molecule is O=C(c1ccco1)C1C(c2ccco2)C2CCCN2C12C(=O)Nc1ccccc12. The normalized spacial score (nSPS) is 30.5. The Balaban J connectivity index is 1.63. The standard InChI is InChI=1S/C23H20N2O4/c26-21(18-10-5-13-29-18)20-19(17-9-4-12-28-17)16-8-3-11-25(16)23(20)14-6-1-2-7-15(14)24-22(23)27/h1-2,4-7,9-10,12-13,16,19-20H,3,8,11H2,(H,24,27). The Hall–Kier alpha value is -3.12. The number of anilines is 1. The molecule has 1 spiro atoms. The van der Waals surface area contributed by atoms with Gasteiger partial charge < -0.3 is 14.2 Å². The molecule has 5 heterocycles. The highest BCUT2D eigenvalue weighted by Gasteiger charge is 2.70. The fourth-order valence-corrected chi connectivity index (χ4v) is 5.88. The van der Waals surface area contributed by atoms with Gasteiger partial charge >= 0.3 is 0 Å². The van der Waals surface area contributed by atoms with Crippen molar-refractivity contribution < 1.29 is 18.4 Å². The predicted octanol–water partition coefficient (Wildman–Crippen LogP) is 3.78. The molecule has 0 bridgehead atoms. The molecule has 6 rings (SSSR count). The molecule has 2 fully saturated rings. The molecule has 3 aromatic rings. The zero-order chi connectivity index (χ0) is 19.6. The summed E-state index contributed by atoms with van der Waals surface area (Å²) in [5.41, 5.74) is 0.593. The molecule has 6 heteroatoms. The summed E-state index contributed by atoms with van der Waals surface area (Å²) >= 11 is 0. The highest BCUT2D eigenvalue weighted by atomic mass is 16.3. The van der Waals surface area contributed by atoms with Gasteiger partial charge in [0.1, 0.15) is 11.3 Å². The van der Waals surface area contributed by atoms with Gasteiger partial charge in [0.25, 0.3) is 0 Å². The van der Waals surface area contributed by atoms with Crippen LogP contribution in [0.3, 0.4) is 0 Å². The minimum Gasteiger partial charge on any atom is -0.469 e. The van der Waals surface area contributed by atoms with Crippen LogP contribution in [0.4, 0.5) is 5.69 Å². The number of hydrogen-bond donors (Lipinski definition) is 1. The van der Waals surface area contributed by atoms with Crippen molar-refractivity contribution in [3.8, 4) is 0 Å². The van der Waals surface area contributed by atoms with Crippen LogP contribution < -0.4 is 5.32 Å². The fourth-order valence-electron chi connectivity index (χ4n) is 5.88. The summed E-state index contributed by atoms with van der Waals surface area (Å²) in [6, 6.07) is 14.9. The maximum atomic E-state index is 13.8. The first-order valence-corrected chi connectivity index (χ1v) is 10.0. The molecule has 4 atom stereocenters. The third kappa shape index (κ3) is 2.04. The molecule has 0 radical (unpaired) electrons. The maximum absolute atomic E-state index is 13.8. The van der Waals surface area contributed by atoms with Crippen LogP contribution in [0.1, 0.15) is 40.6 Å². The Morgan fingerprint density at radius 2 is 1.90 bits per heavy atom. The second kappa shape index (κ2) is 5.94. The van der Waals surface area contributed by atoms with Gasteiger partial charge in [-0.1, -0.05) is 18.2 Å². The van der Waals surface area contributed by atoms with Crippen LogP contribution in [-0.2, 0) is 10.3 Å². The number of carbonyl (C=O) groups is 2. The van der Waals surface area contributed by atoms with Crippen molar-refractivity contribution in [2.45, 2.75) is 30.3 Å². The summed E-state index contributed by atoms with van der Waals surface area (Å²) in [7, 11) is 0. The monoisotopic (exact) mass is 388 g/mol. The van der Waals surface area contributed by atoms with E-state index >= 15 is 0 Å². The molecule has 0 saturated carbocycles. The third-order valence-electron chi connectivity index (χ3n) is 6.83. The molecule has 2 aromatic heterocycles. The first-order chi connectivity index (χ1) is 14.2. The number of Topliss-reactive ketones (excluding diaryl/α,β-unsaturated/α-hetero) is 1. The van der Waals surface area contributed by atoms with Crippen molar-refractivity contribution in [2.75, 3.05) is 11.9 Å². The molecular weight excluding hydrogens is 368 g/mol. The van der Waals surface area contributed by atoms with E-state index in [9.17, 15) is 9.59 Å². The van der Waals surface area contributed by atoms with E-state index in [-0.39, 0.29) is 29.4 Å². The van der Waals surface area contributed by atoms with Crippen LogP contribution in [0, 0.1) is 5.92 Å². The summed E-state index contributed by atoms with van der Waals surface area (Å²) in [5, 5.41) is 3.04. The Morgan fingerprint density at radius 3 is 2.69 bits per heavy atom. The summed E-state index contributed by atoms with van der Waals surface area (Å²) in [5.74, 6) is -0.108. The predicted molar refractivity (Wildman–Crippen MR) is 104 cm³/mol. The van der Waals surface area contributed by atoms with Gasteiger partial charge in [-0.05, 0) is 49.7 Å². The summed E-state index contributed by atoms with van der Waals surface area (Å²) in [4.78, 5) is 29.7. The van der Waals surface area contributed by atoms with E-state index in [0.717, 1.165) is 36.4 Å². The first-order valence-electron chi connectivity index (χ1n) is 10.0. The first kappa shape index (κ1) is 16.8. The summed E-state index contributed by atoms with van der Waals surface area (Å²) in [6.45, 7) is 0.769. The number of benzene rings is 1. The molecule has 3 aliphatic heterocycles. The number of amides is 1. The highest BCUT2D eigenvalue weighted by molar-refractivity contribution is 6.11. The molecule has 1 amide bonds. The minimum absolute atomic E-state index is 0.0574. The average Bonchev–Trinajstić information content (AvgIpc) is 3.54. The lowest BCUT2D eigenvalue weighted by Crippen LogP contribution is -2.52. The molecule has 6 nitrogen and oxygen atoms in total. The van der Waals surface area contributed by atoms with E-state index in [1.54, 1.807) is 18.4 Å². The smallest absolute Gasteiger partial charge is 0.250 e. The lowest BCUT2D eigenvalue weighted by Gasteiger charge is -2.36. The van der Waals surface area contributed by atoms with Gasteiger partial charge in [-0.2, -0.15) is 0 Å². The van der Waals surface area contributed by atoms with Crippen LogP contribution in [-0.4, -0.2) is 29.2 Å². The molecule has 1 aromatic carbocycles. The zero-order valence-corrected chi connectivity index (χ0v) is 15.7. The number of hydrogen-bond acceptors (Lipinski definition) is 5. The lowest BCUT2D eigenvalue weighted by molar-refractivity contribution is -0.127. The van der Waals surface area contributed by atoms with Crippen molar-refractivity contribution in [1.29, 1.82) is 0 Å². The number of rotatable bonds is 3. The van der Waals surface area contributed by atoms with Gasteiger partial charge in [0.2, 0.25) is 11.7 Å². The number of ketones is 1. The number of nitrogens with zero attached hydrogens (tertiary/aromatic N) is 1. The highest BCUT2D eigenvalue weighted by Crippen LogP contribution is 2.61. The van der Waals surface area contributed by atoms with E-state index in [2.05, 4.69) is 10.2 Å². The quantitative estimate of drug-likeness (QED) is 0.691. The Labute approximate surface area is 167 Å². The van der Waals surface area contributed by atoms with Crippen molar-refractivity contribution in [3.63, 3.8) is 0 Å². The van der Waals surface area contributed by atoms with Gasteiger partial charge in [-0.15, -0.1) is 0 Å². The number of para-hydroxylation sites is 1. The average molecular weight is 388 g/mol. The van der Waals surface area contributed by atoms with Crippen LogP contribution >= 0.6 is 0 Å². The molecule has 146 valence electrons. The van der Waals surface area contributed by atoms with E-state index in [4.69, 9.17) is 8.83 Å². The number of furan rings is 2. The number of fused-ring (bicyclic) bond motifs is 4. The van der Waals surface area contributed by atoms with Crippen molar-refractivity contribution in [2.24, 2.45) is 5.92 Å². The van der Waals surface area contributed by atoms with Crippen LogP contribution in [0.25, 0.3) is 0 Å². The fraction of sp³-hybridized carbons (Fsp3) is 0.304. The second-order valence-corrected chi connectivity index (χ2v) is 8.03. The number of nitrogens with one attached hydrogen (secondary N) is 1. The Bertz CT molecular complexity index is 1090. The molecule has 1 N–H and O–H groups in total. The maximum Gasteiger partial charge on any atom is 0.250 e. The molecule has 0 aliphatic carbocycles. The van der Waals surface area contributed by atoms with Crippen molar-refractivity contribution in [1.82, 2.24) is 4.90 Å². The van der Waals surface area contributed by atoms with E-state index < -0.39 is 11.5 Å². The minimum atomic E-state index is -1.06. The van der Waals surface area contributed by atoms with Crippen molar-refractivity contribution >= 4 is 17.4 Å². The number of carbonyl (C=O) groups excluding carboxylic acids is 2. The van der Waals surface area contributed by atoms with E-state index in [1.165, 1.54) is 6.26 Å². The Kier molecular flexibility index (Phi) is 3.44. The van der Waals surface area contributed by atoms with Gasteiger partial charge in [0.05, 0.1) is 18.4 Å². The van der Waals surface area contributed by atoms with Gasteiger partial charge in [0, 0.05) is 23.2 Å².